The van der Waals surface area contributed by atoms with E-state index in [9.17, 15) is 9.50 Å². The first-order chi connectivity index (χ1) is 11.1. The molecule has 118 valence electrons. The Morgan fingerprint density at radius 3 is 2.96 bits per heavy atom. The molecule has 4 rings (SSSR count). The first-order valence-corrected chi connectivity index (χ1v) is 7.92. The van der Waals surface area contributed by atoms with Crippen molar-refractivity contribution in [3.05, 3.63) is 36.2 Å². The molecule has 1 aromatic carbocycles. The number of nitrogens with zero attached hydrogens (tertiary/aromatic N) is 2. The van der Waals surface area contributed by atoms with Crippen LogP contribution in [-0.4, -0.2) is 21.2 Å². The van der Waals surface area contributed by atoms with Crippen molar-refractivity contribution in [3.63, 3.8) is 0 Å². The number of allylic oxidation sites excluding steroid dienone is 1. The molecule has 3 atom stereocenters. The summed E-state index contributed by atoms with van der Waals surface area (Å²) in [4.78, 5) is 2.74. The molecule has 0 aliphatic heterocycles. The summed E-state index contributed by atoms with van der Waals surface area (Å²) in [5.74, 6) is 0.587. The lowest BCUT2D eigenvalue weighted by molar-refractivity contribution is 0.459. The molecule has 3 N–H and O–H groups in total. The van der Waals surface area contributed by atoms with Gasteiger partial charge in [-0.3, -0.25) is 0 Å². The number of fused-ring (bicyclic) bond motifs is 3. The molecule has 1 saturated carbocycles. The van der Waals surface area contributed by atoms with Crippen molar-refractivity contribution >= 4 is 33.9 Å². The van der Waals surface area contributed by atoms with Crippen molar-refractivity contribution < 1.29 is 9.50 Å². The summed E-state index contributed by atoms with van der Waals surface area (Å²) < 4.78 is 13.4. The van der Waals surface area contributed by atoms with Crippen LogP contribution in [0.4, 0.5) is 10.1 Å². The molecule has 0 saturated heterocycles. The van der Waals surface area contributed by atoms with E-state index in [4.69, 9.17) is 12.2 Å². The van der Waals surface area contributed by atoms with E-state index in [1.165, 1.54) is 18.6 Å². The summed E-state index contributed by atoms with van der Waals surface area (Å²) in [7, 11) is 0. The van der Waals surface area contributed by atoms with Gasteiger partial charge in [0.05, 0.1) is 5.52 Å². The average Bonchev–Trinajstić information content (AvgIpc) is 3.19. The monoisotopic (exact) mass is 330 g/mol. The van der Waals surface area contributed by atoms with Gasteiger partial charge in [-0.2, -0.15) is 0 Å². The van der Waals surface area contributed by atoms with Crippen LogP contribution in [0, 0.1) is 17.7 Å². The first-order valence-electron chi connectivity index (χ1n) is 7.51. The molecule has 1 heterocycles. The van der Waals surface area contributed by atoms with Crippen molar-refractivity contribution in [2.75, 3.05) is 0 Å². The zero-order valence-electron chi connectivity index (χ0n) is 12.2. The largest absolute Gasteiger partial charge is 0.493 e. The van der Waals surface area contributed by atoms with Gasteiger partial charge in [0.15, 0.2) is 5.69 Å². The van der Waals surface area contributed by atoms with E-state index in [2.05, 4.69) is 32.7 Å². The van der Waals surface area contributed by atoms with E-state index in [0.717, 1.165) is 6.42 Å². The minimum atomic E-state index is -0.401. The zero-order valence-corrected chi connectivity index (χ0v) is 13.0. The molecule has 0 radical (unpaired) electrons. The highest BCUT2D eigenvalue weighted by Gasteiger charge is 2.35. The number of aromatic nitrogens is 1. The van der Waals surface area contributed by atoms with Crippen LogP contribution in [0.15, 0.2) is 40.6 Å². The van der Waals surface area contributed by atoms with Gasteiger partial charge in [-0.15, -0.1) is 10.2 Å². The number of H-pyrrole nitrogens is 1. The minimum absolute atomic E-state index is 0.153. The van der Waals surface area contributed by atoms with Crippen LogP contribution in [0.1, 0.15) is 12.8 Å². The fourth-order valence-electron chi connectivity index (χ4n) is 3.47. The molecule has 1 fully saturated rings. The Kier molecular flexibility index (Phi) is 3.37. The van der Waals surface area contributed by atoms with Crippen LogP contribution >= 0.6 is 12.2 Å². The number of rotatable bonds is 2. The summed E-state index contributed by atoms with van der Waals surface area (Å²) in [6, 6.07) is 4.46. The predicted molar refractivity (Wildman–Crippen MR) is 89.3 cm³/mol. The Hall–Kier alpha value is -2.28. The SMILES string of the molecule is Oc1[nH]c2ccc(F)cc2c1N=NC(=S)N[C@H]1C[C@H]2C=C[C@H]1C2. The summed E-state index contributed by atoms with van der Waals surface area (Å²) in [5.41, 5.74) is 0.784. The van der Waals surface area contributed by atoms with Gasteiger partial charge in [-0.1, -0.05) is 12.2 Å². The number of halogens is 1. The molecule has 0 spiro atoms. The Balaban J connectivity index is 1.52. The standard InChI is InChI=1S/C16H15FN4OS/c17-10-3-4-12-11(7-10)14(15(22)18-12)20-21-16(23)19-13-6-8-1-2-9(13)5-8/h1-4,7-9,13,18,22H,5-6H2,(H,19,23)/t8-,9-,13-/m0/s1. The molecule has 1 aromatic heterocycles. The third-order valence-corrected chi connectivity index (χ3v) is 4.74. The van der Waals surface area contributed by atoms with Gasteiger partial charge >= 0.3 is 0 Å². The summed E-state index contributed by atoms with van der Waals surface area (Å²) in [6.45, 7) is 0. The fourth-order valence-corrected chi connectivity index (χ4v) is 3.66. The number of thiocarbonyl (C=S) groups is 1. The zero-order chi connectivity index (χ0) is 16.0. The quantitative estimate of drug-likeness (QED) is 0.444. The topological polar surface area (TPSA) is 72.8 Å². The van der Waals surface area contributed by atoms with E-state index in [1.54, 1.807) is 6.07 Å². The number of aromatic amines is 1. The smallest absolute Gasteiger partial charge is 0.218 e. The van der Waals surface area contributed by atoms with E-state index in [0.29, 0.717) is 28.8 Å². The van der Waals surface area contributed by atoms with Crippen LogP contribution in [0.25, 0.3) is 10.9 Å². The second kappa shape index (κ2) is 5.42. The number of hydrogen-bond acceptors (Lipinski definition) is 3. The molecule has 2 aliphatic rings. The Bertz CT molecular complexity index is 844. The number of aromatic hydroxyl groups is 1. The van der Waals surface area contributed by atoms with Gasteiger partial charge in [0.25, 0.3) is 0 Å². The third-order valence-electron chi connectivity index (χ3n) is 4.54. The van der Waals surface area contributed by atoms with Gasteiger partial charge in [0, 0.05) is 11.4 Å². The summed E-state index contributed by atoms with van der Waals surface area (Å²) in [5, 5.41) is 21.8. The molecular formula is C16H15FN4OS. The molecule has 2 aliphatic carbocycles. The highest BCUT2D eigenvalue weighted by molar-refractivity contribution is 7.80. The molecule has 2 bridgehead atoms. The lowest BCUT2D eigenvalue weighted by Crippen LogP contribution is -2.35. The van der Waals surface area contributed by atoms with Crippen LogP contribution in [0.3, 0.4) is 0 Å². The maximum Gasteiger partial charge on any atom is 0.218 e. The molecular weight excluding hydrogens is 315 g/mol. The summed E-state index contributed by atoms with van der Waals surface area (Å²) in [6.07, 6.45) is 6.70. The molecule has 23 heavy (non-hydrogen) atoms. The number of azo groups is 1. The van der Waals surface area contributed by atoms with E-state index in [-0.39, 0.29) is 16.7 Å². The molecule has 0 amide bonds. The normalized spacial score (nSPS) is 25.7. The van der Waals surface area contributed by atoms with Crippen LogP contribution < -0.4 is 5.32 Å². The maximum atomic E-state index is 13.4. The van der Waals surface area contributed by atoms with Crippen molar-refractivity contribution in [1.29, 1.82) is 0 Å². The van der Waals surface area contributed by atoms with Gasteiger partial charge < -0.3 is 15.4 Å². The second-order valence-electron chi connectivity index (χ2n) is 6.05. The molecule has 2 aromatic rings. The molecule has 5 nitrogen and oxygen atoms in total. The molecule has 0 unspecified atom stereocenters. The van der Waals surface area contributed by atoms with Crippen LogP contribution in [0.2, 0.25) is 0 Å². The van der Waals surface area contributed by atoms with Gasteiger partial charge in [-0.25, -0.2) is 4.39 Å². The van der Waals surface area contributed by atoms with Gasteiger partial charge in [0.2, 0.25) is 11.0 Å². The maximum absolute atomic E-state index is 13.4. The highest BCUT2D eigenvalue weighted by Crippen LogP contribution is 2.39. The van der Waals surface area contributed by atoms with Crippen molar-refractivity contribution in [1.82, 2.24) is 10.3 Å². The highest BCUT2D eigenvalue weighted by atomic mass is 32.1. The predicted octanol–water partition coefficient (Wildman–Crippen LogP) is 3.94. The Labute approximate surface area is 137 Å². The lowest BCUT2D eigenvalue weighted by atomic mass is 10.0. The van der Waals surface area contributed by atoms with Gasteiger partial charge in [-0.05, 0) is 55.1 Å². The van der Waals surface area contributed by atoms with Crippen molar-refractivity contribution in [2.45, 2.75) is 18.9 Å². The van der Waals surface area contributed by atoms with E-state index < -0.39 is 5.82 Å². The number of benzene rings is 1. The van der Waals surface area contributed by atoms with Crippen molar-refractivity contribution in [3.8, 4) is 5.88 Å². The second-order valence-corrected chi connectivity index (χ2v) is 6.44. The van der Waals surface area contributed by atoms with Crippen molar-refractivity contribution in [2.24, 2.45) is 22.1 Å². The molecule has 7 heteroatoms. The lowest BCUT2D eigenvalue weighted by Gasteiger charge is -2.19. The Morgan fingerprint density at radius 1 is 1.35 bits per heavy atom. The summed E-state index contributed by atoms with van der Waals surface area (Å²) >= 11 is 5.21. The van der Waals surface area contributed by atoms with E-state index >= 15 is 0 Å². The number of hydrogen-bond donors (Lipinski definition) is 3. The van der Waals surface area contributed by atoms with Gasteiger partial charge in [0.1, 0.15) is 5.82 Å². The number of nitrogens with one attached hydrogen (secondary N) is 2. The first kappa shape index (κ1) is 14.3. The minimum Gasteiger partial charge on any atom is -0.493 e. The van der Waals surface area contributed by atoms with Crippen LogP contribution in [-0.2, 0) is 0 Å². The fraction of sp³-hybridized carbons (Fsp3) is 0.312. The van der Waals surface area contributed by atoms with Crippen LogP contribution in [0.5, 0.6) is 5.88 Å². The average molecular weight is 330 g/mol. The van der Waals surface area contributed by atoms with E-state index in [1.807, 2.05) is 0 Å². The Morgan fingerprint density at radius 2 is 2.22 bits per heavy atom. The third kappa shape index (κ3) is 2.61.